The van der Waals surface area contributed by atoms with Crippen LogP contribution >= 0.6 is 22.9 Å². The average molecular weight is 536 g/mol. The predicted octanol–water partition coefficient (Wildman–Crippen LogP) is 4.07. The molecule has 0 spiro atoms. The Kier molecular flexibility index (Phi) is 5.43. The molecular formula is C23H17ClF3N5O3S. The number of aromatic nitrogens is 4. The zero-order valence-electron chi connectivity index (χ0n) is 18.4. The van der Waals surface area contributed by atoms with Crippen LogP contribution < -0.4 is 4.74 Å². The summed E-state index contributed by atoms with van der Waals surface area (Å²) in [6.07, 6.45) is -3.51. The quantitative estimate of drug-likeness (QED) is 0.425. The third kappa shape index (κ3) is 3.80. The number of pyridine rings is 1. The van der Waals surface area contributed by atoms with Crippen molar-refractivity contribution in [1.29, 1.82) is 0 Å². The van der Waals surface area contributed by atoms with Crippen molar-refractivity contribution in [2.24, 2.45) is 0 Å². The minimum atomic E-state index is -4.61. The minimum Gasteiger partial charge on any atom is -0.479 e. The van der Waals surface area contributed by atoms with Crippen molar-refractivity contribution in [2.45, 2.75) is 38.4 Å². The molecule has 0 bridgehead atoms. The predicted molar refractivity (Wildman–Crippen MR) is 125 cm³/mol. The van der Waals surface area contributed by atoms with Crippen molar-refractivity contribution in [3.63, 3.8) is 0 Å². The third-order valence-corrected chi connectivity index (χ3v) is 7.66. The van der Waals surface area contributed by atoms with Crippen molar-refractivity contribution >= 4 is 39.1 Å². The molecule has 2 aliphatic heterocycles. The molecule has 5 heterocycles. The van der Waals surface area contributed by atoms with E-state index in [2.05, 4.69) is 15.2 Å². The van der Waals surface area contributed by atoms with Gasteiger partial charge in [-0.05, 0) is 24.3 Å². The highest BCUT2D eigenvalue weighted by molar-refractivity contribution is 7.19. The van der Waals surface area contributed by atoms with Gasteiger partial charge in [0, 0.05) is 52.3 Å². The first-order chi connectivity index (χ1) is 17.2. The molecule has 6 rings (SSSR count). The highest BCUT2D eigenvalue weighted by atomic mass is 35.5. The second-order valence-corrected chi connectivity index (χ2v) is 10.1. The fraction of sp³-hybridized carbons (Fsp3) is 0.304. The van der Waals surface area contributed by atoms with E-state index in [1.165, 1.54) is 16.2 Å². The molecule has 4 aromatic rings. The molecule has 1 N–H and O–H groups in total. The maximum absolute atomic E-state index is 13.3. The van der Waals surface area contributed by atoms with Gasteiger partial charge in [-0.15, -0.1) is 21.5 Å². The van der Waals surface area contributed by atoms with E-state index in [0.29, 0.717) is 16.3 Å². The number of rotatable bonds is 3. The number of hydrogen-bond donors (Lipinski definition) is 1. The van der Waals surface area contributed by atoms with Crippen molar-refractivity contribution in [2.75, 3.05) is 6.54 Å². The van der Waals surface area contributed by atoms with Gasteiger partial charge in [0.1, 0.15) is 5.75 Å². The molecule has 2 aliphatic rings. The zero-order valence-corrected chi connectivity index (χ0v) is 20.0. The van der Waals surface area contributed by atoms with E-state index in [-0.39, 0.29) is 44.4 Å². The van der Waals surface area contributed by atoms with Gasteiger partial charge in [0.2, 0.25) is 5.82 Å². The van der Waals surface area contributed by atoms with Crippen LogP contribution in [0.4, 0.5) is 13.2 Å². The smallest absolute Gasteiger partial charge is 0.451 e. The van der Waals surface area contributed by atoms with Gasteiger partial charge >= 0.3 is 6.18 Å². The van der Waals surface area contributed by atoms with Gasteiger partial charge in [-0.1, -0.05) is 11.6 Å². The standard InChI is InChI=1S/C23H17ClF3N5O3S/c24-12-5-11-6-17(21(34)31-3-4-32-18(9-31)29-30-22(32)23(25,26)27)35-19(11)15(7-12)14-1-2-28-16-8-13(10-33)36-20(14)16/h1-2,5,7-8,17,33H,3-4,6,9-10H2/t17-/m1/s1. The van der Waals surface area contributed by atoms with Gasteiger partial charge in [-0.2, -0.15) is 13.2 Å². The Labute approximate surface area is 210 Å². The van der Waals surface area contributed by atoms with Crippen molar-refractivity contribution < 1.29 is 27.8 Å². The highest BCUT2D eigenvalue weighted by Gasteiger charge is 2.41. The Morgan fingerprint density at radius 1 is 1.22 bits per heavy atom. The van der Waals surface area contributed by atoms with E-state index in [1.54, 1.807) is 18.3 Å². The normalized spacial score (nSPS) is 17.2. The lowest BCUT2D eigenvalue weighted by molar-refractivity contribution is -0.148. The minimum absolute atomic E-state index is 0.0553. The second kappa shape index (κ2) is 8.43. The molecule has 0 saturated carbocycles. The Morgan fingerprint density at radius 3 is 2.83 bits per heavy atom. The topological polar surface area (TPSA) is 93.4 Å². The number of ether oxygens (including phenoxy) is 1. The number of halogens is 4. The van der Waals surface area contributed by atoms with Gasteiger partial charge in [-0.3, -0.25) is 9.78 Å². The molecule has 1 aromatic carbocycles. The van der Waals surface area contributed by atoms with Crippen LogP contribution in [-0.2, 0) is 37.1 Å². The molecule has 0 radical (unpaired) electrons. The van der Waals surface area contributed by atoms with Gasteiger partial charge in [0.05, 0.1) is 23.4 Å². The summed E-state index contributed by atoms with van der Waals surface area (Å²) in [5.41, 5.74) is 3.03. The van der Waals surface area contributed by atoms with E-state index in [9.17, 15) is 23.1 Å². The van der Waals surface area contributed by atoms with Gasteiger partial charge in [-0.25, -0.2) is 0 Å². The lowest BCUT2D eigenvalue weighted by Gasteiger charge is -2.29. The summed E-state index contributed by atoms with van der Waals surface area (Å²) in [5.74, 6) is -0.786. The molecule has 0 unspecified atom stereocenters. The number of carbonyl (C=O) groups excluding carboxylic acids is 1. The average Bonchev–Trinajstić information content (AvgIpc) is 3.57. The molecule has 13 heteroatoms. The Hall–Kier alpha value is -3.22. The summed E-state index contributed by atoms with van der Waals surface area (Å²) in [6, 6.07) is 7.17. The lowest BCUT2D eigenvalue weighted by atomic mass is 10.0. The number of fused-ring (bicyclic) bond motifs is 3. The second-order valence-electron chi connectivity index (χ2n) is 8.54. The molecule has 1 amide bonds. The number of benzene rings is 1. The van der Waals surface area contributed by atoms with Crippen molar-refractivity contribution in [3.8, 4) is 16.9 Å². The van der Waals surface area contributed by atoms with E-state index >= 15 is 0 Å². The van der Waals surface area contributed by atoms with Crippen LogP contribution in [-0.4, -0.2) is 48.3 Å². The third-order valence-electron chi connectivity index (χ3n) is 6.30. The zero-order chi connectivity index (χ0) is 25.2. The van der Waals surface area contributed by atoms with E-state index in [1.807, 2.05) is 12.1 Å². The highest BCUT2D eigenvalue weighted by Crippen LogP contribution is 2.45. The number of hydrogen-bond acceptors (Lipinski definition) is 7. The summed E-state index contributed by atoms with van der Waals surface area (Å²) >= 11 is 7.84. The summed E-state index contributed by atoms with van der Waals surface area (Å²) in [6.45, 7) is -0.161. The summed E-state index contributed by atoms with van der Waals surface area (Å²) in [7, 11) is 0. The SMILES string of the molecule is O=C([C@H]1Cc2cc(Cl)cc(-c3ccnc4cc(CO)sc34)c2O1)N1CCn2c(nnc2C(F)(F)F)C1. The van der Waals surface area contributed by atoms with E-state index in [4.69, 9.17) is 16.3 Å². The Morgan fingerprint density at radius 2 is 2.06 bits per heavy atom. The molecule has 3 aromatic heterocycles. The van der Waals surface area contributed by atoms with Crippen molar-refractivity contribution in [3.05, 3.63) is 57.6 Å². The number of thiophene rings is 1. The molecule has 36 heavy (non-hydrogen) atoms. The maximum Gasteiger partial charge on any atom is 0.451 e. The number of carbonyl (C=O) groups is 1. The monoisotopic (exact) mass is 535 g/mol. The summed E-state index contributed by atoms with van der Waals surface area (Å²) in [4.78, 5) is 19.9. The van der Waals surface area contributed by atoms with E-state index in [0.717, 1.165) is 30.8 Å². The number of aliphatic hydroxyl groups is 1. The fourth-order valence-corrected chi connectivity index (χ4v) is 5.94. The Balaban J connectivity index is 1.29. The number of aliphatic hydroxyl groups excluding tert-OH is 1. The van der Waals surface area contributed by atoms with Crippen molar-refractivity contribution in [1.82, 2.24) is 24.6 Å². The first-order valence-electron chi connectivity index (χ1n) is 11.0. The van der Waals surface area contributed by atoms with Crippen LogP contribution in [0, 0.1) is 0 Å². The molecule has 186 valence electrons. The summed E-state index contributed by atoms with van der Waals surface area (Å²) in [5, 5.41) is 16.9. The van der Waals surface area contributed by atoms with Crippen LogP contribution in [0.2, 0.25) is 5.02 Å². The molecule has 0 aliphatic carbocycles. The largest absolute Gasteiger partial charge is 0.479 e. The fourth-order valence-electron chi connectivity index (χ4n) is 4.70. The number of amides is 1. The number of alkyl halides is 3. The van der Waals surface area contributed by atoms with Crippen LogP contribution in [0.25, 0.3) is 21.3 Å². The molecule has 0 saturated heterocycles. The maximum atomic E-state index is 13.3. The lowest BCUT2D eigenvalue weighted by Crippen LogP contribution is -2.45. The first-order valence-corrected chi connectivity index (χ1v) is 12.2. The molecule has 8 nitrogen and oxygen atoms in total. The first kappa shape index (κ1) is 23.2. The molecule has 1 atom stereocenters. The van der Waals surface area contributed by atoms with Crippen LogP contribution in [0.5, 0.6) is 5.75 Å². The van der Waals surface area contributed by atoms with Crippen LogP contribution in [0.1, 0.15) is 22.1 Å². The van der Waals surface area contributed by atoms with Gasteiger partial charge in [0.25, 0.3) is 5.91 Å². The Bertz CT molecular complexity index is 1520. The van der Waals surface area contributed by atoms with Crippen LogP contribution in [0.3, 0.4) is 0 Å². The van der Waals surface area contributed by atoms with E-state index < -0.39 is 18.1 Å². The van der Waals surface area contributed by atoms with Gasteiger partial charge in [0.15, 0.2) is 11.9 Å². The summed E-state index contributed by atoms with van der Waals surface area (Å²) < 4.78 is 47.4. The number of nitrogens with zero attached hydrogens (tertiary/aromatic N) is 5. The van der Waals surface area contributed by atoms with Crippen LogP contribution in [0.15, 0.2) is 30.5 Å². The molecule has 0 fully saturated rings. The van der Waals surface area contributed by atoms with Gasteiger partial charge < -0.3 is 19.3 Å². The molecular weight excluding hydrogens is 519 g/mol.